The summed E-state index contributed by atoms with van der Waals surface area (Å²) in [5, 5.41) is 11.6. The zero-order valence-corrected chi connectivity index (χ0v) is 11.3. The largest absolute Gasteiger partial charge is 0.480 e. The number of nitrogens with two attached hydrogens (primary N) is 1. The third-order valence-corrected chi connectivity index (χ3v) is 3.59. The summed E-state index contributed by atoms with van der Waals surface area (Å²) in [4.78, 5) is 22.8. The second-order valence-electron chi connectivity index (χ2n) is 5.28. The monoisotopic (exact) mass is 276 g/mol. The van der Waals surface area contributed by atoms with Crippen LogP contribution in [-0.2, 0) is 9.59 Å². The number of hydrogen-bond donors (Lipinski definition) is 3. The summed E-state index contributed by atoms with van der Waals surface area (Å²) in [6.07, 6.45) is 2.50. The van der Waals surface area contributed by atoms with Gasteiger partial charge in [0.15, 0.2) is 0 Å². The Balaban J connectivity index is 1.78. The number of aliphatic carboxylic acids is 1. The van der Waals surface area contributed by atoms with Gasteiger partial charge >= 0.3 is 5.97 Å². The van der Waals surface area contributed by atoms with Crippen LogP contribution in [0.2, 0.25) is 0 Å². The average molecular weight is 276 g/mol. The molecule has 1 aliphatic carbocycles. The van der Waals surface area contributed by atoms with Crippen LogP contribution in [0.3, 0.4) is 0 Å². The first-order valence-electron chi connectivity index (χ1n) is 6.90. The Morgan fingerprint density at radius 2 is 1.95 bits per heavy atom. The average Bonchev–Trinajstić information content (AvgIpc) is 3.27. The van der Waals surface area contributed by atoms with Crippen molar-refractivity contribution < 1.29 is 14.7 Å². The van der Waals surface area contributed by atoms with Crippen molar-refractivity contribution in [2.75, 3.05) is 0 Å². The van der Waals surface area contributed by atoms with Crippen molar-refractivity contribution in [3.8, 4) is 0 Å². The number of hydrogen-bond acceptors (Lipinski definition) is 3. The second kappa shape index (κ2) is 6.52. The van der Waals surface area contributed by atoms with Gasteiger partial charge in [-0.15, -0.1) is 0 Å². The highest BCUT2D eigenvalue weighted by molar-refractivity contribution is 5.84. The maximum Gasteiger partial charge on any atom is 0.326 e. The lowest BCUT2D eigenvalue weighted by Crippen LogP contribution is -2.42. The Morgan fingerprint density at radius 1 is 1.30 bits per heavy atom. The molecule has 20 heavy (non-hydrogen) atoms. The van der Waals surface area contributed by atoms with Gasteiger partial charge in [-0.1, -0.05) is 30.3 Å². The smallest absolute Gasteiger partial charge is 0.326 e. The molecule has 1 saturated carbocycles. The molecule has 4 N–H and O–H groups in total. The van der Waals surface area contributed by atoms with Gasteiger partial charge in [0.05, 0.1) is 0 Å². The molecule has 0 radical (unpaired) electrons. The Hall–Kier alpha value is -1.88. The van der Waals surface area contributed by atoms with Crippen molar-refractivity contribution in [2.45, 2.75) is 37.8 Å². The third-order valence-electron chi connectivity index (χ3n) is 3.59. The fourth-order valence-electron chi connectivity index (χ4n) is 2.21. The number of amides is 1. The van der Waals surface area contributed by atoms with Gasteiger partial charge in [-0.25, -0.2) is 4.79 Å². The Bertz CT molecular complexity index is 471. The van der Waals surface area contributed by atoms with Crippen molar-refractivity contribution in [3.63, 3.8) is 0 Å². The summed E-state index contributed by atoms with van der Waals surface area (Å²) in [5.74, 6) is -1.09. The number of carboxylic acids is 1. The zero-order valence-electron chi connectivity index (χ0n) is 11.3. The van der Waals surface area contributed by atoms with Gasteiger partial charge < -0.3 is 16.2 Å². The number of rotatable bonds is 7. The quantitative estimate of drug-likeness (QED) is 0.702. The van der Waals surface area contributed by atoms with E-state index in [0.29, 0.717) is 6.42 Å². The van der Waals surface area contributed by atoms with Crippen molar-refractivity contribution in [1.82, 2.24) is 5.32 Å². The molecule has 2 rings (SSSR count). The number of carboxylic acid groups (broad SMARTS) is 1. The Labute approximate surface area is 118 Å². The molecule has 2 atom stereocenters. The minimum absolute atomic E-state index is 0.0965. The summed E-state index contributed by atoms with van der Waals surface area (Å²) in [7, 11) is 0. The highest BCUT2D eigenvalue weighted by Crippen LogP contribution is 2.32. The van der Waals surface area contributed by atoms with Crippen LogP contribution in [0, 0.1) is 5.92 Å². The molecular weight excluding hydrogens is 256 g/mol. The van der Waals surface area contributed by atoms with Crippen LogP contribution >= 0.6 is 0 Å². The van der Waals surface area contributed by atoms with Crippen LogP contribution in [0.15, 0.2) is 30.3 Å². The molecule has 108 valence electrons. The van der Waals surface area contributed by atoms with E-state index in [4.69, 9.17) is 10.8 Å². The molecule has 5 heteroatoms. The molecule has 2 unspecified atom stereocenters. The van der Waals surface area contributed by atoms with Gasteiger partial charge in [0, 0.05) is 12.5 Å². The molecule has 1 aliphatic rings. The van der Waals surface area contributed by atoms with E-state index in [-0.39, 0.29) is 24.3 Å². The predicted octanol–water partition coefficient (Wildman–Crippen LogP) is 1.45. The molecular formula is C15H20N2O3. The SMILES string of the molecule is NC(CCC(=O)NC(C(=O)O)C1CC1)c1ccccc1. The minimum Gasteiger partial charge on any atom is -0.480 e. The first-order valence-corrected chi connectivity index (χ1v) is 6.90. The molecule has 0 spiro atoms. The molecule has 0 bridgehead atoms. The fraction of sp³-hybridized carbons (Fsp3) is 0.467. The van der Waals surface area contributed by atoms with E-state index < -0.39 is 12.0 Å². The topological polar surface area (TPSA) is 92.4 Å². The predicted molar refractivity (Wildman–Crippen MR) is 74.9 cm³/mol. The highest BCUT2D eigenvalue weighted by Gasteiger charge is 2.37. The minimum atomic E-state index is -0.951. The van der Waals surface area contributed by atoms with Gasteiger partial charge in [0.2, 0.25) is 5.91 Å². The van der Waals surface area contributed by atoms with Crippen molar-refractivity contribution in [3.05, 3.63) is 35.9 Å². The van der Waals surface area contributed by atoms with Gasteiger partial charge in [0.25, 0.3) is 0 Å². The lowest BCUT2D eigenvalue weighted by Gasteiger charge is -2.15. The lowest BCUT2D eigenvalue weighted by atomic mass is 10.0. The van der Waals surface area contributed by atoms with E-state index in [1.807, 2.05) is 30.3 Å². The molecule has 5 nitrogen and oxygen atoms in total. The molecule has 0 aromatic heterocycles. The molecule has 1 aromatic rings. The standard InChI is InChI=1S/C15H20N2O3/c16-12(10-4-2-1-3-5-10)8-9-13(18)17-14(15(19)20)11-6-7-11/h1-5,11-12,14H,6-9,16H2,(H,17,18)(H,19,20). The van der Waals surface area contributed by atoms with Gasteiger partial charge in [-0.3, -0.25) is 4.79 Å². The second-order valence-corrected chi connectivity index (χ2v) is 5.28. The number of benzene rings is 1. The highest BCUT2D eigenvalue weighted by atomic mass is 16.4. The Kier molecular flexibility index (Phi) is 4.74. The summed E-state index contributed by atoms with van der Waals surface area (Å²) in [6.45, 7) is 0. The Morgan fingerprint density at radius 3 is 2.50 bits per heavy atom. The van der Waals surface area contributed by atoms with Crippen LogP contribution < -0.4 is 11.1 Å². The maximum absolute atomic E-state index is 11.8. The van der Waals surface area contributed by atoms with E-state index in [2.05, 4.69) is 5.32 Å². The van der Waals surface area contributed by atoms with E-state index in [1.165, 1.54) is 0 Å². The van der Waals surface area contributed by atoms with Crippen LogP contribution in [0.25, 0.3) is 0 Å². The molecule has 0 saturated heterocycles. The van der Waals surface area contributed by atoms with Crippen molar-refractivity contribution >= 4 is 11.9 Å². The zero-order chi connectivity index (χ0) is 14.5. The normalized spacial score (nSPS) is 17.2. The lowest BCUT2D eigenvalue weighted by molar-refractivity contribution is -0.142. The van der Waals surface area contributed by atoms with Crippen LogP contribution in [0.4, 0.5) is 0 Å². The van der Waals surface area contributed by atoms with Gasteiger partial charge in [0.1, 0.15) is 6.04 Å². The third kappa shape index (κ3) is 4.06. The molecule has 1 amide bonds. The van der Waals surface area contributed by atoms with Gasteiger partial charge in [-0.2, -0.15) is 0 Å². The fourth-order valence-corrected chi connectivity index (χ4v) is 2.21. The van der Waals surface area contributed by atoms with E-state index in [1.54, 1.807) is 0 Å². The number of nitrogens with one attached hydrogen (secondary N) is 1. The summed E-state index contributed by atoms with van der Waals surface area (Å²) in [6, 6.07) is 8.63. The number of carbonyl (C=O) groups is 2. The van der Waals surface area contributed by atoms with Crippen LogP contribution in [-0.4, -0.2) is 23.0 Å². The molecule has 0 heterocycles. The molecule has 0 aliphatic heterocycles. The van der Waals surface area contributed by atoms with Crippen LogP contribution in [0.5, 0.6) is 0 Å². The number of carbonyl (C=O) groups excluding carboxylic acids is 1. The molecule has 1 aromatic carbocycles. The summed E-state index contributed by atoms with van der Waals surface area (Å²) in [5.41, 5.74) is 6.99. The first-order chi connectivity index (χ1) is 9.58. The van der Waals surface area contributed by atoms with E-state index in [9.17, 15) is 9.59 Å². The van der Waals surface area contributed by atoms with Crippen molar-refractivity contribution in [1.29, 1.82) is 0 Å². The molecule has 1 fully saturated rings. The van der Waals surface area contributed by atoms with Crippen LogP contribution in [0.1, 0.15) is 37.3 Å². The maximum atomic E-state index is 11.8. The van der Waals surface area contributed by atoms with E-state index in [0.717, 1.165) is 18.4 Å². The van der Waals surface area contributed by atoms with Gasteiger partial charge in [-0.05, 0) is 30.7 Å². The summed E-state index contributed by atoms with van der Waals surface area (Å²) < 4.78 is 0. The summed E-state index contributed by atoms with van der Waals surface area (Å²) >= 11 is 0. The first kappa shape index (κ1) is 14.5. The van der Waals surface area contributed by atoms with Crippen molar-refractivity contribution in [2.24, 2.45) is 11.7 Å². The van der Waals surface area contributed by atoms with E-state index >= 15 is 0 Å².